The standard InChI is InChI=1S/C12H21N3S/c1-3-15-8-4-5-11(15)12-14-9-10(16-12)6-7-13-2/h9,11,13H,3-8H2,1-2H3. The van der Waals surface area contributed by atoms with E-state index in [9.17, 15) is 0 Å². The minimum atomic E-state index is 0.596. The largest absolute Gasteiger partial charge is 0.319 e. The van der Waals surface area contributed by atoms with E-state index in [1.54, 1.807) is 0 Å². The van der Waals surface area contributed by atoms with Gasteiger partial charge in [-0.1, -0.05) is 6.92 Å². The van der Waals surface area contributed by atoms with E-state index in [4.69, 9.17) is 0 Å². The number of rotatable bonds is 5. The summed E-state index contributed by atoms with van der Waals surface area (Å²) >= 11 is 1.90. The van der Waals surface area contributed by atoms with E-state index in [0.29, 0.717) is 6.04 Å². The first-order valence-corrected chi connectivity index (χ1v) is 7.00. The van der Waals surface area contributed by atoms with Crippen molar-refractivity contribution in [3.63, 3.8) is 0 Å². The van der Waals surface area contributed by atoms with Gasteiger partial charge in [-0.05, 0) is 45.9 Å². The Hall–Kier alpha value is -0.450. The molecule has 1 aromatic heterocycles. The highest BCUT2D eigenvalue weighted by Gasteiger charge is 2.26. The third-order valence-corrected chi connectivity index (χ3v) is 4.41. The second-order valence-corrected chi connectivity index (χ2v) is 5.45. The molecule has 4 heteroatoms. The van der Waals surface area contributed by atoms with Gasteiger partial charge >= 0.3 is 0 Å². The van der Waals surface area contributed by atoms with E-state index in [0.717, 1.165) is 19.5 Å². The van der Waals surface area contributed by atoms with Crippen molar-refractivity contribution < 1.29 is 0 Å². The number of likely N-dealkylation sites (N-methyl/N-ethyl adjacent to an activating group) is 1. The van der Waals surface area contributed by atoms with Crippen LogP contribution in [-0.2, 0) is 6.42 Å². The lowest BCUT2D eigenvalue weighted by molar-refractivity contribution is 0.271. The first-order valence-electron chi connectivity index (χ1n) is 6.18. The number of hydrogen-bond acceptors (Lipinski definition) is 4. The van der Waals surface area contributed by atoms with Crippen LogP contribution < -0.4 is 5.32 Å². The van der Waals surface area contributed by atoms with Crippen molar-refractivity contribution in [2.45, 2.75) is 32.2 Å². The molecule has 0 aromatic carbocycles. The predicted molar refractivity (Wildman–Crippen MR) is 69.0 cm³/mol. The number of thiazole rings is 1. The number of likely N-dealkylation sites (tertiary alicyclic amines) is 1. The molecule has 0 spiro atoms. The first-order chi connectivity index (χ1) is 7.85. The Morgan fingerprint density at radius 3 is 3.25 bits per heavy atom. The Balaban J connectivity index is 2.00. The third kappa shape index (κ3) is 2.62. The van der Waals surface area contributed by atoms with Crippen molar-refractivity contribution >= 4 is 11.3 Å². The van der Waals surface area contributed by atoms with Gasteiger partial charge in [-0.3, -0.25) is 4.90 Å². The van der Waals surface area contributed by atoms with Crippen LogP contribution in [0.4, 0.5) is 0 Å². The fourth-order valence-electron chi connectivity index (χ4n) is 2.32. The molecule has 90 valence electrons. The van der Waals surface area contributed by atoms with Gasteiger partial charge in [0.1, 0.15) is 5.01 Å². The molecular formula is C12H21N3S. The Morgan fingerprint density at radius 1 is 1.62 bits per heavy atom. The average molecular weight is 239 g/mol. The second kappa shape index (κ2) is 5.75. The monoisotopic (exact) mass is 239 g/mol. The molecule has 1 unspecified atom stereocenters. The van der Waals surface area contributed by atoms with Crippen LogP contribution in [0, 0.1) is 0 Å². The molecule has 2 rings (SSSR count). The molecule has 3 nitrogen and oxygen atoms in total. The van der Waals surface area contributed by atoms with E-state index < -0.39 is 0 Å². The van der Waals surface area contributed by atoms with Crippen LogP contribution >= 0.6 is 11.3 Å². The van der Waals surface area contributed by atoms with Crippen molar-refractivity contribution in [3.05, 3.63) is 16.1 Å². The molecule has 1 aliphatic heterocycles. The van der Waals surface area contributed by atoms with Crippen LogP contribution in [0.1, 0.15) is 35.7 Å². The fourth-order valence-corrected chi connectivity index (χ4v) is 3.41. The lowest BCUT2D eigenvalue weighted by Gasteiger charge is -2.20. The van der Waals surface area contributed by atoms with Gasteiger partial charge in [0.15, 0.2) is 0 Å². The Morgan fingerprint density at radius 2 is 2.50 bits per heavy atom. The second-order valence-electron chi connectivity index (χ2n) is 4.30. The van der Waals surface area contributed by atoms with E-state index >= 15 is 0 Å². The van der Waals surface area contributed by atoms with Crippen LogP contribution in [0.25, 0.3) is 0 Å². The fraction of sp³-hybridized carbons (Fsp3) is 0.750. The Kier molecular flexibility index (Phi) is 4.32. The summed E-state index contributed by atoms with van der Waals surface area (Å²) in [4.78, 5) is 8.55. The Labute approximate surface area is 102 Å². The van der Waals surface area contributed by atoms with E-state index in [1.165, 1.54) is 29.3 Å². The van der Waals surface area contributed by atoms with Crippen LogP contribution in [0.3, 0.4) is 0 Å². The maximum absolute atomic E-state index is 4.60. The van der Waals surface area contributed by atoms with E-state index in [1.807, 2.05) is 18.4 Å². The van der Waals surface area contributed by atoms with Crippen LogP contribution in [0.15, 0.2) is 6.20 Å². The molecular weight excluding hydrogens is 218 g/mol. The highest BCUT2D eigenvalue weighted by Crippen LogP contribution is 2.33. The SMILES string of the molecule is CCN1CCCC1c1ncc(CCNC)s1. The highest BCUT2D eigenvalue weighted by molar-refractivity contribution is 7.11. The van der Waals surface area contributed by atoms with Crippen molar-refractivity contribution in [2.75, 3.05) is 26.7 Å². The number of nitrogens with zero attached hydrogens (tertiary/aromatic N) is 2. The van der Waals surface area contributed by atoms with Crippen LogP contribution in [0.5, 0.6) is 0 Å². The van der Waals surface area contributed by atoms with Gasteiger partial charge in [0.25, 0.3) is 0 Å². The zero-order valence-electron chi connectivity index (χ0n) is 10.2. The Bertz CT molecular complexity index is 324. The molecule has 1 atom stereocenters. The summed E-state index contributed by atoms with van der Waals surface area (Å²) in [6.07, 6.45) is 5.77. The van der Waals surface area contributed by atoms with Crippen molar-refractivity contribution in [3.8, 4) is 0 Å². The minimum Gasteiger partial charge on any atom is -0.319 e. The number of aromatic nitrogens is 1. The maximum atomic E-state index is 4.60. The quantitative estimate of drug-likeness (QED) is 0.852. The molecule has 16 heavy (non-hydrogen) atoms. The molecule has 1 aliphatic rings. The maximum Gasteiger partial charge on any atom is 0.110 e. The summed E-state index contributed by atoms with van der Waals surface area (Å²) in [5.41, 5.74) is 0. The topological polar surface area (TPSA) is 28.2 Å². The van der Waals surface area contributed by atoms with Gasteiger partial charge in [-0.15, -0.1) is 11.3 Å². The van der Waals surface area contributed by atoms with E-state index in [-0.39, 0.29) is 0 Å². The van der Waals surface area contributed by atoms with Gasteiger partial charge in [-0.2, -0.15) is 0 Å². The molecule has 1 saturated heterocycles. The molecule has 2 heterocycles. The van der Waals surface area contributed by atoms with Crippen molar-refractivity contribution in [1.82, 2.24) is 15.2 Å². The van der Waals surface area contributed by atoms with Gasteiger partial charge in [0, 0.05) is 11.1 Å². The summed E-state index contributed by atoms with van der Waals surface area (Å²) in [6.45, 7) is 5.68. The molecule has 0 radical (unpaired) electrons. The average Bonchev–Trinajstić information content (AvgIpc) is 2.94. The number of hydrogen-bond donors (Lipinski definition) is 1. The molecule has 1 fully saturated rings. The zero-order valence-corrected chi connectivity index (χ0v) is 11.0. The summed E-state index contributed by atoms with van der Waals surface area (Å²) in [7, 11) is 2.00. The lowest BCUT2D eigenvalue weighted by atomic mass is 10.2. The number of nitrogens with one attached hydrogen (secondary N) is 1. The van der Waals surface area contributed by atoms with Crippen molar-refractivity contribution in [2.24, 2.45) is 0 Å². The molecule has 1 aromatic rings. The summed E-state index contributed by atoms with van der Waals surface area (Å²) in [6, 6.07) is 0.596. The van der Waals surface area contributed by atoms with Crippen LogP contribution in [-0.4, -0.2) is 36.6 Å². The predicted octanol–water partition coefficient (Wildman–Crippen LogP) is 2.06. The molecule has 1 N–H and O–H groups in total. The molecule has 0 amide bonds. The summed E-state index contributed by atoms with van der Waals surface area (Å²) in [5, 5.41) is 4.51. The lowest BCUT2D eigenvalue weighted by Crippen LogP contribution is -2.22. The minimum absolute atomic E-state index is 0.596. The zero-order chi connectivity index (χ0) is 11.4. The van der Waals surface area contributed by atoms with Gasteiger partial charge in [-0.25, -0.2) is 4.98 Å². The van der Waals surface area contributed by atoms with E-state index in [2.05, 4.69) is 28.3 Å². The molecule has 0 aliphatic carbocycles. The normalized spacial score (nSPS) is 21.8. The molecule has 0 bridgehead atoms. The van der Waals surface area contributed by atoms with Gasteiger partial charge in [0.05, 0.1) is 6.04 Å². The molecule has 0 saturated carbocycles. The van der Waals surface area contributed by atoms with Crippen LogP contribution in [0.2, 0.25) is 0 Å². The first kappa shape index (κ1) is 12.0. The van der Waals surface area contributed by atoms with Gasteiger partial charge < -0.3 is 5.32 Å². The summed E-state index contributed by atoms with van der Waals surface area (Å²) < 4.78 is 0. The third-order valence-electron chi connectivity index (χ3n) is 3.25. The highest BCUT2D eigenvalue weighted by atomic mass is 32.1. The smallest absolute Gasteiger partial charge is 0.110 e. The summed E-state index contributed by atoms with van der Waals surface area (Å²) in [5.74, 6) is 0. The van der Waals surface area contributed by atoms with Gasteiger partial charge in [0.2, 0.25) is 0 Å². The van der Waals surface area contributed by atoms with Crippen molar-refractivity contribution in [1.29, 1.82) is 0 Å².